The highest BCUT2D eigenvalue weighted by Crippen LogP contribution is 2.30. The largest absolute Gasteiger partial charge is 0.322 e. The third-order valence-corrected chi connectivity index (χ3v) is 3.97. The summed E-state index contributed by atoms with van der Waals surface area (Å²) in [7, 11) is 0. The smallest absolute Gasteiger partial charge is 0.271 e. The molecule has 8 heteroatoms. The highest BCUT2D eigenvalue weighted by Gasteiger charge is 2.21. The number of hydrogen-bond donors (Lipinski definition) is 1. The van der Waals surface area contributed by atoms with Gasteiger partial charge in [0.05, 0.1) is 16.2 Å². The number of aromatic nitrogens is 2. The minimum atomic E-state index is -0.532. The quantitative estimate of drug-likeness (QED) is 0.547. The molecule has 0 bridgehead atoms. The number of benzene rings is 2. The molecule has 7 nitrogen and oxygen atoms in total. The van der Waals surface area contributed by atoms with Gasteiger partial charge in [-0.05, 0) is 18.6 Å². The highest BCUT2D eigenvalue weighted by molar-refractivity contribution is 6.34. The van der Waals surface area contributed by atoms with Crippen molar-refractivity contribution in [1.82, 2.24) is 10.2 Å². The summed E-state index contributed by atoms with van der Waals surface area (Å²) in [5.41, 5.74) is 2.20. The summed E-state index contributed by atoms with van der Waals surface area (Å²) >= 11 is 6.15. The number of carbonyl (C=O) groups excluding carboxylic acids is 1. The van der Waals surface area contributed by atoms with Crippen molar-refractivity contribution in [2.75, 3.05) is 5.32 Å². The van der Waals surface area contributed by atoms with Gasteiger partial charge in [-0.1, -0.05) is 48.0 Å². The molecule has 130 valence electrons. The molecule has 3 aromatic rings. The maximum absolute atomic E-state index is 12.8. The maximum Gasteiger partial charge on any atom is 0.271 e. The molecular formula is C18H13ClN4O3. The van der Waals surface area contributed by atoms with Gasteiger partial charge in [-0.15, -0.1) is 5.10 Å². The molecule has 1 amide bonds. The zero-order valence-electron chi connectivity index (χ0n) is 13.6. The van der Waals surface area contributed by atoms with E-state index in [2.05, 4.69) is 15.5 Å². The average molecular weight is 369 g/mol. The molecule has 0 spiro atoms. The van der Waals surface area contributed by atoms with Gasteiger partial charge >= 0.3 is 0 Å². The Balaban J connectivity index is 2.04. The average Bonchev–Trinajstić information content (AvgIpc) is 2.64. The van der Waals surface area contributed by atoms with Gasteiger partial charge in [0.25, 0.3) is 11.6 Å². The molecule has 1 N–H and O–H groups in total. The number of nitrogens with one attached hydrogen (secondary N) is 1. The van der Waals surface area contributed by atoms with Crippen molar-refractivity contribution in [1.29, 1.82) is 0 Å². The maximum atomic E-state index is 12.8. The lowest BCUT2D eigenvalue weighted by molar-refractivity contribution is -0.384. The fourth-order valence-corrected chi connectivity index (χ4v) is 2.78. The van der Waals surface area contributed by atoms with E-state index in [0.29, 0.717) is 11.3 Å². The molecule has 2 aromatic carbocycles. The van der Waals surface area contributed by atoms with E-state index in [1.54, 1.807) is 13.0 Å². The number of aryl methyl sites for hydroxylation is 1. The topological polar surface area (TPSA) is 98.0 Å². The van der Waals surface area contributed by atoms with E-state index in [9.17, 15) is 14.9 Å². The van der Waals surface area contributed by atoms with Crippen LogP contribution in [0.3, 0.4) is 0 Å². The summed E-state index contributed by atoms with van der Waals surface area (Å²) in [5, 5.41) is 21.3. The van der Waals surface area contributed by atoms with E-state index >= 15 is 0 Å². The molecule has 0 saturated carbocycles. The number of halogens is 1. The summed E-state index contributed by atoms with van der Waals surface area (Å²) in [6.45, 7) is 1.73. The summed E-state index contributed by atoms with van der Waals surface area (Å²) in [6.07, 6.45) is 0. The van der Waals surface area contributed by atoms with Crippen molar-refractivity contribution < 1.29 is 9.72 Å². The van der Waals surface area contributed by atoms with Gasteiger partial charge in [-0.2, -0.15) is 5.10 Å². The Morgan fingerprint density at radius 2 is 1.85 bits per heavy atom. The number of amides is 1. The second-order valence-electron chi connectivity index (χ2n) is 5.45. The number of hydrogen-bond acceptors (Lipinski definition) is 5. The normalized spacial score (nSPS) is 10.4. The molecule has 0 atom stereocenters. The van der Waals surface area contributed by atoms with Gasteiger partial charge in [0.1, 0.15) is 0 Å². The van der Waals surface area contributed by atoms with Crippen molar-refractivity contribution in [2.45, 2.75) is 6.92 Å². The van der Waals surface area contributed by atoms with Gasteiger partial charge < -0.3 is 5.32 Å². The number of non-ortho nitro benzene ring substituents is 1. The molecule has 0 radical (unpaired) electrons. The minimum Gasteiger partial charge on any atom is -0.322 e. The zero-order chi connectivity index (χ0) is 18.7. The zero-order valence-corrected chi connectivity index (χ0v) is 14.4. The minimum absolute atomic E-state index is 0.0441. The lowest BCUT2D eigenvalue weighted by Crippen LogP contribution is -2.16. The van der Waals surface area contributed by atoms with Crippen molar-refractivity contribution in [3.05, 3.63) is 81.1 Å². The Kier molecular flexibility index (Phi) is 4.90. The van der Waals surface area contributed by atoms with Crippen molar-refractivity contribution >= 4 is 28.9 Å². The second kappa shape index (κ2) is 7.28. The summed E-state index contributed by atoms with van der Waals surface area (Å²) in [6, 6.07) is 14.9. The van der Waals surface area contributed by atoms with Crippen LogP contribution in [0.5, 0.6) is 0 Å². The van der Waals surface area contributed by atoms with E-state index in [0.717, 1.165) is 5.56 Å². The SMILES string of the molecule is Cc1nnc(Cl)c(C(=O)Nc2cccc([N+](=O)[O-])c2)c1-c1ccccc1. The van der Waals surface area contributed by atoms with E-state index in [4.69, 9.17) is 11.6 Å². The highest BCUT2D eigenvalue weighted by atomic mass is 35.5. The van der Waals surface area contributed by atoms with Crippen LogP contribution in [0.4, 0.5) is 11.4 Å². The molecule has 1 heterocycles. The first kappa shape index (κ1) is 17.5. The standard InChI is InChI=1S/C18H13ClN4O3/c1-11-15(12-6-3-2-4-7-12)16(17(19)22-21-11)18(24)20-13-8-5-9-14(10-13)23(25)26/h2-10H,1H3,(H,20,24). The van der Waals surface area contributed by atoms with Crippen molar-refractivity contribution in [3.8, 4) is 11.1 Å². The first-order valence-corrected chi connectivity index (χ1v) is 7.99. The Bertz CT molecular complexity index is 993. The lowest BCUT2D eigenvalue weighted by Gasteiger charge is -2.13. The Labute approximate surface area is 153 Å². The monoisotopic (exact) mass is 368 g/mol. The van der Waals surface area contributed by atoms with Gasteiger partial charge in [-0.3, -0.25) is 14.9 Å². The Morgan fingerprint density at radius 3 is 2.54 bits per heavy atom. The predicted molar refractivity (Wildman–Crippen MR) is 98.3 cm³/mol. The van der Waals surface area contributed by atoms with Crippen LogP contribution in [0.15, 0.2) is 54.6 Å². The first-order valence-electron chi connectivity index (χ1n) is 7.61. The second-order valence-corrected chi connectivity index (χ2v) is 5.81. The third kappa shape index (κ3) is 3.52. The summed E-state index contributed by atoms with van der Waals surface area (Å²) < 4.78 is 0. The van der Waals surface area contributed by atoms with Crippen LogP contribution in [-0.4, -0.2) is 21.0 Å². The number of nitro benzene ring substituents is 1. The lowest BCUT2D eigenvalue weighted by atomic mass is 9.99. The van der Waals surface area contributed by atoms with Gasteiger partial charge in [0, 0.05) is 23.4 Å². The number of nitrogens with zero attached hydrogens (tertiary/aromatic N) is 3. The van der Waals surface area contributed by atoms with Crippen LogP contribution in [0.1, 0.15) is 16.1 Å². The van der Waals surface area contributed by atoms with E-state index in [1.165, 1.54) is 18.2 Å². The molecular weight excluding hydrogens is 356 g/mol. The van der Waals surface area contributed by atoms with Crippen molar-refractivity contribution in [2.24, 2.45) is 0 Å². The molecule has 0 saturated heterocycles. The number of rotatable bonds is 4. The number of anilines is 1. The fourth-order valence-electron chi connectivity index (χ4n) is 2.56. The number of nitro groups is 1. The van der Waals surface area contributed by atoms with Gasteiger partial charge in [0.15, 0.2) is 5.15 Å². The Morgan fingerprint density at radius 1 is 1.12 bits per heavy atom. The molecule has 26 heavy (non-hydrogen) atoms. The van der Waals surface area contributed by atoms with Gasteiger partial charge in [0.2, 0.25) is 0 Å². The van der Waals surface area contributed by atoms with Crippen LogP contribution in [0.2, 0.25) is 5.15 Å². The molecule has 0 fully saturated rings. The van der Waals surface area contributed by atoms with Gasteiger partial charge in [-0.25, -0.2) is 0 Å². The Hall–Kier alpha value is -3.32. The predicted octanol–water partition coefficient (Wildman–Crippen LogP) is 4.27. The van der Waals surface area contributed by atoms with Crippen LogP contribution in [0, 0.1) is 17.0 Å². The molecule has 0 aliphatic carbocycles. The summed E-state index contributed by atoms with van der Waals surface area (Å²) in [5.74, 6) is -0.521. The number of carbonyl (C=O) groups is 1. The summed E-state index contributed by atoms with van der Waals surface area (Å²) in [4.78, 5) is 23.2. The molecule has 3 rings (SSSR count). The van der Waals surface area contributed by atoms with E-state index in [1.807, 2.05) is 30.3 Å². The van der Waals surface area contributed by atoms with Crippen LogP contribution in [0.25, 0.3) is 11.1 Å². The van der Waals surface area contributed by atoms with Crippen LogP contribution < -0.4 is 5.32 Å². The van der Waals surface area contributed by atoms with Crippen LogP contribution >= 0.6 is 11.6 Å². The molecule has 0 aliphatic heterocycles. The van der Waals surface area contributed by atoms with Crippen LogP contribution in [-0.2, 0) is 0 Å². The first-order chi connectivity index (χ1) is 12.5. The van der Waals surface area contributed by atoms with E-state index in [-0.39, 0.29) is 22.1 Å². The molecule has 1 aromatic heterocycles. The third-order valence-electron chi connectivity index (χ3n) is 3.71. The fraction of sp³-hybridized carbons (Fsp3) is 0.0556. The van der Waals surface area contributed by atoms with Crippen molar-refractivity contribution in [3.63, 3.8) is 0 Å². The van der Waals surface area contributed by atoms with E-state index < -0.39 is 10.8 Å². The molecule has 0 unspecified atom stereocenters. The molecule has 0 aliphatic rings.